The van der Waals surface area contributed by atoms with E-state index in [9.17, 15) is 0 Å². The van der Waals surface area contributed by atoms with Gasteiger partial charge in [0.1, 0.15) is 0 Å². The van der Waals surface area contributed by atoms with E-state index in [1.54, 1.807) is 11.8 Å². The maximum Gasteiger partial charge on any atom is 0.160 e. The first-order valence-electron chi connectivity index (χ1n) is 3.31. The molecule has 0 aromatic carbocycles. The summed E-state index contributed by atoms with van der Waals surface area (Å²) in [5, 5.41) is 4.03. The van der Waals surface area contributed by atoms with Crippen LogP contribution in [-0.2, 0) is 0 Å². The number of hydrogen-bond acceptors (Lipinski definition) is 2. The first-order valence-corrected chi connectivity index (χ1v) is 4.53. The van der Waals surface area contributed by atoms with Crippen molar-refractivity contribution in [2.75, 3.05) is 12.8 Å². The summed E-state index contributed by atoms with van der Waals surface area (Å²) in [6.45, 7) is 4.82. The van der Waals surface area contributed by atoms with Gasteiger partial charge in [-0.1, -0.05) is 17.8 Å². The zero-order valence-corrected chi connectivity index (χ0v) is 7.53. The molecule has 0 spiro atoms. The van der Waals surface area contributed by atoms with E-state index < -0.39 is 0 Å². The average molecular weight is 158 g/mol. The van der Waals surface area contributed by atoms with Crippen LogP contribution in [0.15, 0.2) is 17.3 Å². The van der Waals surface area contributed by atoms with Crippen molar-refractivity contribution >= 4 is 16.9 Å². The summed E-state index contributed by atoms with van der Waals surface area (Å²) in [5.41, 5.74) is 0. The highest BCUT2D eigenvalue weighted by Crippen LogP contribution is 1.93. The lowest BCUT2D eigenvalue weighted by atomic mass is 10.7. The monoisotopic (exact) mass is 158 g/mol. The molecule has 0 amide bonds. The molecule has 0 aliphatic carbocycles. The molecule has 0 aromatic heterocycles. The molecule has 0 aliphatic rings. The SMILES string of the molecule is C/C=C/NC(=NCC)SC. The quantitative estimate of drug-likeness (QED) is 0.490. The summed E-state index contributed by atoms with van der Waals surface area (Å²) in [5.74, 6) is 0. The highest BCUT2D eigenvalue weighted by molar-refractivity contribution is 8.13. The molecule has 0 rings (SSSR count). The van der Waals surface area contributed by atoms with Crippen LogP contribution >= 0.6 is 11.8 Å². The van der Waals surface area contributed by atoms with Gasteiger partial charge in [-0.15, -0.1) is 0 Å². The van der Waals surface area contributed by atoms with Gasteiger partial charge in [0.05, 0.1) is 0 Å². The standard InChI is InChI=1S/C7H14N2S/c1-4-6-9-7(10-3)8-5-2/h4,6H,5H2,1-3H3,(H,8,9)/b6-4+. The van der Waals surface area contributed by atoms with Gasteiger partial charge in [-0.25, -0.2) is 0 Å². The van der Waals surface area contributed by atoms with Crippen LogP contribution in [0.3, 0.4) is 0 Å². The summed E-state index contributed by atoms with van der Waals surface area (Å²) < 4.78 is 0. The van der Waals surface area contributed by atoms with Gasteiger partial charge >= 0.3 is 0 Å². The number of nitrogens with one attached hydrogen (secondary N) is 1. The second kappa shape index (κ2) is 6.68. The van der Waals surface area contributed by atoms with Crippen LogP contribution in [0, 0.1) is 0 Å². The van der Waals surface area contributed by atoms with Crippen molar-refractivity contribution in [3.63, 3.8) is 0 Å². The van der Waals surface area contributed by atoms with Crippen molar-refractivity contribution in [3.05, 3.63) is 12.3 Å². The number of aliphatic imine (C=N–C) groups is 1. The smallest absolute Gasteiger partial charge is 0.160 e. The highest BCUT2D eigenvalue weighted by atomic mass is 32.2. The van der Waals surface area contributed by atoms with Crippen LogP contribution in [0.5, 0.6) is 0 Å². The maximum atomic E-state index is 4.20. The third-order valence-corrected chi connectivity index (χ3v) is 1.50. The normalized spacial score (nSPS) is 12.5. The van der Waals surface area contributed by atoms with Crippen LogP contribution in [0.25, 0.3) is 0 Å². The van der Waals surface area contributed by atoms with E-state index in [1.165, 1.54) is 0 Å². The number of hydrogen-bond donors (Lipinski definition) is 1. The number of allylic oxidation sites excluding steroid dienone is 1. The molecule has 0 fully saturated rings. The molecule has 0 bridgehead atoms. The first-order chi connectivity index (χ1) is 4.85. The van der Waals surface area contributed by atoms with Crippen molar-refractivity contribution < 1.29 is 0 Å². The predicted molar refractivity (Wildman–Crippen MR) is 49.4 cm³/mol. The summed E-state index contributed by atoms with van der Waals surface area (Å²) in [7, 11) is 0. The molecule has 0 aromatic rings. The molecule has 10 heavy (non-hydrogen) atoms. The van der Waals surface area contributed by atoms with Gasteiger partial charge in [-0.05, 0) is 26.3 Å². The fourth-order valence-electron chi connectivity index (χ4n) is 0.467. The molecule has 0 radical (unpaired) electrons. The minimum Gasteiger partial charge on any atom is -0.342 e. The molecule has 0 heterocycles. The molecule has 0 unspecified atom stereocenters. The number of amidine groups is 1. The predicted octanol–water partition coefficient (Wildman–Crippen LogP) is 1.85. The minimum absolute atomic E-state index is 0.834. The van der Waals surface area contributed by atoms with Gasteiger partial charge in [0.15, 0.2) is 5.17 Å². The van der Waals surface area contributed by atoms with Gasteiger partial charge < -0.3 is 5.32 Å². The van der Waals surface area contributed by atoms with Crippen molar-refractivity contribution in [3.8, 4) is 0 Å². The Bertz CT molecular complexity index is 130. The lowest BCUT2D eigenvalue weighted by Gasteiger charge is -1.99. The molecule has 2 nitrogen and oxygen atoms in total. The van der Waals surface area contributed by atoms with Crippen molar-refractivity contribution in [1.29, 1.82) is 0 Å². The topological polar surface area (TPSA) is 24.4 Å². The van der Waals surface area contributed by atoms with Crippen LogP contribution in [0.1, 0.15) is 13.8 Å². The van der Waals surface area contributed by atoms with Crippen LogP contribution < -0.4 is 5.32 Å². The van der Waals surface area contributed by atoms with E-state index in [-0.39, 0.29) is 0 Å². The van der Waals surface area contributed by atoms with Crippen LogP contribution in [0.2, 0.25) is 0 Å². The molecular formula is C7H14N2S. The third kappa shape index (κ3) is 4.44. The fraction of sp³-hybridized carbons (Fsp3) is 0.571. The van der Waals surface area contributed by atoms with Gasteiger partial charge in [0.25, 0.3) is 0 Å². The van der Waals surface area contributed by atoms with E-state index in [4.69, 9.17) is 0 Å². The van der Waals surface area contributed by atoms with Gasteiger partial charge in [-0.3, -0.25) is 4.99 Å². The van der Waals surface area contributed by atoms with Crippen LogP contribution in [-0.4, -0.2) is 18.0 Å². The zero-order valence-electron chi connectivity index (χ0n) is 6.72. The maximum absolute atomic E-state index is 4.20. The number of nitrogens with zero attached hydrogens (tertiary/aromatic N) is 1. The van der Waals surface area contributed by atoms with Crippen molar-refractivity contribution in [2.45, 2.75) is 13.8 Å². The summed E-state index contributed by atoms with van der Waals surface area (Å²) in [6, 6.07) is 0. The minimum atomic E-state index is 0.834. The second-order valence-corrected chi connectivity index (χ2v) is 2.42. The molecule has 0 saturated carbocycles. The first kappa shape index (κ1) is 9.56. The molecule has 0 atom stereocenters. The van der Waals surface area contributed by atoms with Gasteiger partial charge in [-0.2, -0.15) is 0 Å². The van der Waals surface area contributed by atoms with E-state index in [2.05, 4.69) is 10.3 Å². The van der Waals surface area contributed by atoms with Gasteiger partial charge in [0, 0.05) is 6.54 Å². The molecule has 58 valence electrons. The fourth-order valence-corrected chi connectivity index (χ4v) is 0.911. The second-order valence-electron chi connectivity index (χ2n) is 1.63. The van der Waals surface area contributed by atoms with Gasteiger partial charge in [0.2, 0.25) is 0 Å². The lowest BCUT2D eigenvalue weighted by Crippen LogP contribution is -2.12. The lowest BCUT2D eigenvalue weighted by molar-refractivity contribution is 1.11. The molecule has 0 saturated heterocycles. The zero-order chi connectivity index (χ0) is 7.82. The van der Waals surface area contributed by atoms with E-state index in [0.29, 0.717) is 0 Å². The molecule has 3 heteroatoms. The summed E-state index contributed by atoms with van der Waals surface area (Å²) >= 11 is 1.62. The molecule has 0 aliphatic heterocycles. The Morgan fingerprint density at radius 3 is 2.80 bits per heavy atom. The Balaban J connectivity index is 3.71. The van der Waals surface area contributed by atoms with Crippen molar-refractivity contribution in [2.24, 2.45) is 4.99 Å². The number of thioether (sulfide) groups is 1. The largest absolute Gasteiger partial charge is 0.342 e. The van der Waals surface area contributed by atoms with Crippen LogP contribution in [0.4, 0.5) is 0 Å². The summed E-state index contributed by atoms with van der Waals surface area (Å²) in [6.07, 6.45) is 5.83. The Kier molecular flexibility index (Phi) is 6.38. The average Bonchev–Trinajstić information content (AvgIpc) is 1.98. The Labute approximate surface area is 66.8 Å². The van der Waals surface area contributed by atoms with E-state index in [1.807, 2.05) is 32.4 Å². The molecular weight excluding hydrogens is 144 g/mol. The Morgan fingerprint density at radius 2 is 2.40 bits per heavy atom. The van der Waals surface area contributed by atoms with Crippen molar-refractivity contribution in [1.82, 2.24) is 5.32 Å². The molecule has 1 N–H and O–H groups in total. The van der Waals surface area contributed by atoms with E-state index in [0.717, 1.165) is 11.7 Å². The summed E-state index contributed by atoms with van der Waals surface area (Å²) in [4.78, 5) is 4.20. The Morgan fingerprint density at radius 1 is 1.70 bits per heavy atom. The number of rotatable bonds is 2. The Hall–Kier alpha value is -0.440. The van der Waals surface area contributed by atoms with E-state index >= 15 is 0 Å². The highest BCUT2D eigenvalue weighted by Gasteiger charge is 1.87. The third-order valence-electron chi connectivity index (χ3n) is 0.869.